The first kappa shape index (κ1) is 12.5. The number of ether oxygens (including phenoxy) is 1. The highest BCUT2D eigenvalue weighted by molar-refractivity contribution is 5.80. The smallest absolute Gasteiger partial charge is 0.274 e. The lowest BCUT2D eigenvalue weighted by molar-refractivity contribution is 0.414. The molecule has 1 heterocycles. The van der Waals surface area contributed by atoms with Crippen LogP contribution in [-0.4, -0.2) is 16.5 Å². The molecule has 20 heavy (non-hydrogen) atoms. The van der Waals surface area contributed by atoms with E-state index in [9.17, 15) is 4.79 Å². The summed E-state index contributed by atoms with van der Waals surface area (Å²) in [5.41, 5.74) is 1.91. The fraction of sp³-hybridized carbons (Fsp3) is 0.188. The first-order valence-electron chi connectivity index (χ1n) is 6.61. The van der Waals surface area contributed by atoms with E-state index in [-0.39, 0.29) is 5.56 Å². The van der Waals surface area contributed by atoms with Crippen LogP contribution in [0.15, 0.2) is 53.3 Å². The Hall–Kier alpha value is -2.49. The standard InChI is InChI=1S/C16H16N2O2/c1-3-17-16(19)14-6-4-5-7-15(14)18(17)12-8-10-13(20-2)11-9-12/h4-11H,3H2,1-2H3. The third-order valence-electron chi connectivity index (χ3n) is 3.46. The van der Waals surface area contributed by atoms with Crippen molar-refractivity contribution in [2.75, 3.05) is 7.11 Å². The summed E-state index contributed by atoms with van der Waals surface area (Å²) in [6.45, 7) is 2.60. The molecule has 4 nitrogen and oxygen atoms in total. The molecule has 0 radical (unpaired) electrons. The van der Waals surface area contributed by atoms with Gasteiger partial charge in [0.1, 0.15) is 5.75 Å². The third-order valence-corrected chi connectivity index (χ3v) is 3.46. The average molecular weight is 268 g/mol. The van der Waals surface area contributed by atoms with E-state index >= 15 is 0 Å². The van der Waals surface area contributed by atoms with Crippen molar-refractivity contribution in [2.45, 2.75) is 13.5 Å². The Morgan fingerprint density at radius 2 is 1.75 bits per heavy atom. The lowest BCUT2D eigenvalue weighted by Gasteiger charge is -2.11. The minimum atomic E-state index is 0.0407. The summed E-state index contributed by atoms with van der Waals surface area (Å²) >= 11 is 0. The molecule has 0 fully saturated rings. The summed E-state index contributed by atoms with van der Waals surface area (Å²) in [6, 6.07) is 15.4. The second-order valence-electron chi connectivity index (χ2n) is 4.55. The molecule has 0 aliphatic rings. The second kappa shape index (κ2) is 4.89. The van der Waals surface area contributed by atoms with E-state index in [0.717, 1.165) is 22.3 Å². The highest BCUT2D eigenvalue weighted by atomic mass is 16.5. The van der Waals surface area contributed by atoms with Gasteiger partial charge in [0.15, 0.2) is 0 Å². The first-order valence-corrected chi connectivity index (χ1v) is 6.61. The van der Waals surface area contributed by atoms with Crippen LogP contribution in [0.2, 0.25) is 0 Å². The zero-order valence-corrected chi connectivity index (χ0v) is 11.5. The molecule has 0 spiro atoms. The number of fused-ring (bicyclic) bond motifs is 1. The van der Waals surface area contributed by atoms with Crippen molar-refractivity contribution >= 4 is 10.9 Å². The van der Waals surface area contributed by atoms with Crippen LogP contribution >= 0.6 is 0 Å². The predicted molar refractivity (Wildman–Crippen MR) is 79.8 cm³/mol. The molecule has 3 aromatic rings. The van der Waals surface area contributed by atoms with Gasteiger partial charge in [-0.25, -0.2) is 4.68 Å². The largest absolute Gasteiger partial charge is 0.497 e. The number of rotatable bonds is 3. The number of para-hydroxylation sites is 1. The van der Waals surface area contributed by atoms with E-state index in [0.29, 0.717) is 6.54 Å². The van der Waals surface area contributed by atoms with Gasteiger partial charge < -0.3 is 4.74 Å². The van der Waals surface area contributed by atoms with Gasteiger partial charge in [-0.3, -0.25) is 9.48 Å². The molecule has 0 aliphatic heterocycles. The van der Waals surface area contributed by atoms with E-state index in [4.69, 9.17) is 4.74 Å². The van der Waals surface area contributed by atoms with E-state index in [1.165, 1.54) is 0 Å². The van der Waals surface area contributed by atoms with Crippen molar-refractivity contribution in [1.82, 2.24) is 9.36 Å². The Morgan fingerprint density at radius 1 is 1.05 bits per heavy atom. The van der Waals surface area contributed by atoms with Crippen LogP contribution in [0.3, 0.4) is 0 Å². The van der Waals surface area contributed by atoms with Gasteiger partial charge in [0.25, 0.3) is 5.56 Å². The number of hydrogen-bond donors (Lipinski definition) is 0. The normalized spacial score (nSPS) is 10.9. The van der Waals surface area contributed by atoms with Crippen LogP contribution in [0.25, 0.3) is 16.6 Å². The van der Waals surface area contributed by atoms with Crippen molar-refractivity contribution in [3.05, 3.63) is 58.9 Å². The molecule has 0 amide bonds. The SMILES string of the molecule is CCn1c(=O)c2ccccc2n1-c1ccc(OC)cc1. The van der Waals surface area contributed by atoms with Gasteiger partial charge >= 0.3 is 0 Å². The molecule has 2 aromatic carbocycles. The van der Waals surface area contributed by atoms with Gasteiger partial charge in [-0.1, -0.05) is 12.1 Å². The number of aromatic nitrogens is 2. The number of hydrogen-bond acceptors (Lipinski definition) is 2. The molecule has 0 atom stereocenters. The topological polar surface area (TPSA) is 36.2 Å². The predicted octanol–water partition coefficient (Wildman–Crippen LogP) is 2.82. The minimum Gasteiger partial charge on any atom is -0.497 e. The third kappa shape index (κ3) is 1.81. The van der Waals surface area contributed by atoms with Crippen LogP contribution < -0.4 is 10.3 Å². The van der Waals surface area contributed by atoms with Crippen LogP contribution in [0.1, 0.15) is 6.92 Å². The molecular formula is C16H16N2O2. The van der Waals surface area contributed by atoms with Crippen molar-refractivity contribution in [3.8, 4) is 11.4 Å². The zero-order chi connectivity index (χ0) is 14.1. The Bertz CT molecular complexity index is 797. The second-order valence-corrected chi connectivity index (χ2v) is 4.55. The van der Waals surface area contributed by atoms with Gasteiger partial charge in [0.2, 0.25) is 0 Å². The lowest BCUT2D eigenvalue weighted by atomic mass is 10.2. The maximum absolute atomic E-state index is 12.4. The Labute approximate surface area is 116 Å². The Balaban J connectivity index is 2.31. The first-order chi connectivity index (χ1) is 9.76. The van der Waals surface area contributed by atoms with Crippen LogP contribution in [-0.2, 0) is 6.54 Å². The summed E-state index contributed by atoms with van der Waals surface area (Å²) in [5, 5.41) is 0.741. The number of nitrogens with zero attached hydrogens (tertiary/aromatic N) is 2. The van der Waals surface area contributed by atoms with Gasteiger partial charge in [-0.05, 0) is 43.3 Å². The fourth-order valence-electron chi connectivity index (χ4n) is 2.49. The number of methoxy groups -OCH3 is 1. The molecular weight excluding hydrogens is 252 g/mol. The molecule has 102 valence electrons. The lowest BCUT2D eigenvalue weighted by Crippen LogP contribution is -2.20. The summed E-state index contributed by atoms with van der Waals surface area (Å²) in [7, 11) is 1.64. The molecule has 3 rings (SSSR count). The van der Waals surface area contributed by atoms with Crippen LogP contribution in [0.4, 0.5) is 0 Å². The van der Waals surface area contributed by atoms with Crippen molar-refractivity contribution in [3.63, 3.8) is 0 Å². The van der Waals surface area contributed by atoms with Crippen molar-refractivity contribution in [2.24, 2.45) is 0 Å². The van der Waals surface area contributed by atoms with E-state index in [1.807, 2.05) is 60.1 Å². The molecule has 4 heteroatoms. The van der Waals surface area contributed by atoms with Gasteiger partial charge in [0.05, 0.1) is 23.7 Å². The molecule has 0 saturated heterocycles. The Morgan fingerprint density at radius 3 is 2.40 bits per heavy atom. The summed E-state index contributed by atoms with van der Waals surface area (Å²) in [4.78, 5) is 12.4. The summed E-state index contributed by atoms with van der Waals surface area (Å²) < 4.78 is 8.87. The van der Waals surface area contributed by atoms with Crippen LogP contribution in [0, 0.1) is 0 Å². The van der Waals surface area contributed by atoms with E-state index in [1.54, 1.807) is 11.8 Å². The van der Waals surface area contributed by atoms with E-state index in [2.05, 4.69) is 0 Å². The average Bonchev–Trinajstić information content (AvgIpc) is 2.80. The van der Waals surface area contributed by atoms with Gasteiger partial charge in [-0.2, -0.15) is 0 Å². The van der Waals surface area contributed by atoms with Crippen LogP contribution in [0.5, 0.6) is 5.75 Å². The highest BCUT2D eigenvalue weighted by Gasteiger charge is 2.12. The zero-order valence-electron chi connectivity index (χ0n) is 11.5. The monoisotopic (exact) mass is 268 g/mol. The molecule has 0 aliphatic carbocycles. The molecule has 0 bridgehead atoms. The quantitative estimate of drug-likeness (QED) is 0.732. The minimum absolute atomic E-state index is 0.0407. The van der Waals surface area contributed by atoms with Gasteiger partial charge in [-0.15, -0.1) is 0 Å². The molecule has 1 aromatic heterocycles. The van der Waals surface area contributed by atoms with Crippen molar-refractivity contribution in [1.29, 1.82) is 0 Å². The van der Waals surface area contributed by atoms with Crippen molar-refractivity contribution < 1.29 is 4.74 Å². The number of benzene rings is 2. The van der Waals surface area contributed by atoms with E-state index < -0.39 is 0 Å². The van der Waals surface area contributed by atoms with Gasteiger partial charge in [0, 0.05) is 6.54 Å². The highest BCUT2D eigenvalue weighted by Crippen LogP contribution is 2.19. The summed E-state index contributed by atoms with van der Waals surface area (Å²) in [6.07, 6.45) is 0. The Kier molecular flexibility index (Phi) is 3.06. The molecule has 0 N–H and O–H groups in total. The molecule has 0 saturated carbocycles. The summed E-state index contributed by atoms with van der Waals surface area (Å²) in [5.74, 6) is 0.801. The fourth-order valence-corrected chi connectivity index (χ4v) is 2.49. The molecule has 0 unspecified atom stereocenters. The maximum atomic E-state index is 12.4. The maximum Gasteiger partial charge on any atom is 0.274 e.